The number of nitrogens with one attached hydrogen (secondary N) is 1. The van der Waals surface area contributed by atoms with Crippen molar-refractivity contribution in [1.29, 1.82) is 0 Å². The van der Waals surface area contributed by atoms with Gasteiger partial charge in [0.05, 0.1) is 6.04 Å². The van der Waals surface area contributed by atoms with Crippen molar-refractivity contribution in [3.63, 3.8) is 0 Å². The van der Waals surface area contributed by atoms with Gasteiger partial charge in [-0.1, -0.05) is 0 Å². The van der Waals surface area contributed by atoms with Gasteiger partial charge in [0.25, 0.3) is 0 Å². The van der Waals surface area contributed by atoms with Crippen LogP contribution in [0.4, 0.5) is 4.79 Å². The molecule has 0 spiro atoms. The van der Waals surface area contributed by atoms with Crippen molar-refractivity contribution in [2.75, 3.05) is 6.54 Å². The summed E-state index contributed by atoms with van der Waals surface area (Å²) < 4.78 is 5.24. The minimum Gasteiger partial charge on any atom is -0.443 e. The third-order valence-electron chi connectivity index (χ3n) is 2.33. The van der Waals surface area contributed by atoms with Gasteiger partial charge in [0.1, 0.15) is 5.60 Å². The van der Waals surface area contributed by atoms with E-state index in [0.29, 0.717) is 12.0 Å². The molecule has 0 aromatic rings. The molecule has 1 aliphatic carbocycles. The van der Waals surface area contributed by atoms with E-state index in [2.05, 4.69) is 5.43 Å². The fraction of sp³-hybridized carbons (Fsp3) is 0.889. The van der Waals surface area contributed by atoms with Crippen LogP contribution >= 0.6 is 0 Å². The van der Waals surface area contributed by atoms with E-state index in [1.807, 2.05) is 20.8 Å². The molecule has 1 N–H and O–H groups in total. The summed E-state index contributed by atoms with van der Waals surface area (Å²) in [6.45, 7) is 6.56. The summed E-state index contributed by atoms with van der Waals surface area (Å²) in [6, 6.07) is 0.398. The Morgan fingerprint density at radius 1 is 1.54 bits per heavy atom. The van der Waals surface area contributed by atoms with Gasteiger partial charge >= 0.3 is 6.09 Å². The molecule has 4 heteroatoms. The Morgan fingerprint density at radius 3 is 2.62 bits per heavy atom. The second kappa shape index (κ2) is 2.61. The van der Waals surface area contributed by atoms with Crippen molar-refractivity contribution in [2.24, 2.45) is 5.92 Å². The zero-order chi connectivity index (χ0) is 9.64. The molecule has 4 nitrogen and oxygen atoms in total. The smallest absolute Gasteiger partial charge is 0.425 e. The molecule has 0 radical (unpaired) electrons. The molecular weight excluding hydrogens is 168 g/mol. The third kappa shape index (κ3) is 1.77. The van der Waals surface area contributed by atoms with Crippen molar-refractivity contribution in [1.82, 2.24) is 10.4 Å². The van der Waals surface area contributed by atoms with Crippen LogP contribution in [-0.4, -0.2) is 29.3 Å². The molecule has 1 aliphatic heterocycles. The summed E-state index contributed by atoms with van der Waals surface area (Å²) >= 11 is 0. The Labute approximate surface area is 78.2 Å². The molecule has 1 heterocycles. The lowest BCUT2D eigenvalue weighted by molar-refractivity contribution is 0.0168. The Balaban J connectivity index is 1.90. The van der Waals surface area contributed by atoms with E-state index in [1.54, 1.807) is 5.01 Å². The van der Waals surface area contributed by atoms with Crippen molar-refractivity contribution in [3.05, 3.63) is 0 Å². The average molecular weight is 184 g/mol. The number of hydrazine groups is 1. The normalized spacial score (nSPS) is 31.5. The van der Waals surface area contributed by atoms with E-state index in [0.717, 1.165) is 13.0 Å². The first-order valence-electron chi connectivity index (χ1n) is 4.73. The second-order valence-corrected chi connectivity index (χ2v) is 4.78. The molecule has 0 aromatic carbocycles. The highest BCUT2D eigenvalue weighted by molar-refractivity contribution is 5.69. The van der Waals surface area contributed by atoms with Crippen LogP contribution in [0, 0.1) is 5.92 Å². The van der Waals surface area contributed by atoms with Crippen LogP contribution in [0.15, 0.2) is 0 Å². The lowest BCUT2D eigenvalue weighted by Crippen LogP contribution is -2.43. The van der Waals surface area contributed by atoms with E-state index in [4.69, 9.17) is 4.74 Å². The SMILES string of the molecule is CC(C)(C)OC(=O)N1NCC2CC21. The first kappa shape index (κ1) is 8.81. The number of carbonyl (C=O) groups is 1. The van der Waals surface area contributed by atoms with Crippen molar-refractivity contribution >= 4 is 6.09 Å². The predicted molar refractivity (Wildman–Crippen MR) is 48.0 cm³/mol. The zero-order valence-corrected chi connectivity index (χ0v) is 8.33. The molecule has 13 heavy (non-hydrogen) atoms. The molecule has 0 bridgehead atoms. The van der Waals surface area contributed by atoms with Crippen LogP contribution in [0.2, 0.25) is 0 Å². The van der Waals surface area contributed by atoms with Crippen molar-refractivity contribution in [3.8, 4) is 0 Å². The zero-order valence-electron chi connectivity index (χ0n) is 8.33. The maximum Gasteiger partial charge on any atom is 0.425 e. The Kier molecular flexibility index (Phi) is 1.77. The third-order valence-corrected chi connectivity index (χ3v) is 2.33. The van der Waals surface area contributed by atoms with Crippen molar-refractivity contribution in [2.45, 2.75) is 38.8 Å². The van der Waals surface area contributed by atoms with Gasteiger partial charge in [0, 0.05) is 6.54 Å². The monoisotopic (exact) mass is 184 g/mol. The molecule has 2 unspecified atom stereocenters. The maximum absolute atomic E-state index is 11.5. The predicted octanol–water partition coefficient (Wildman–Crippen LogP) is 1.13. The van der Waals surface area contributed by atoms with Gasteiger partial charge in [-0.25, -0.2) is 15.2 Å². The lowest BCUT2D eigenvalue weighted by atomic mass is 10.2. The summed E-state index contributed by atoms with van der Waals surface area (Å²) in [6.07, 6.45) is 0.893. The molecule has 2 atom stereocenters. The standard InChI is InChI=1S/C9H16N2O2/c1-9(2,3)13-8(12)11-7-4-6(7)5-10-11/h6-7,10H,4-5H2,1-3H3. The Hall–Kier alpha value is -0.770. The van der Waals surface area contributed by atoms with Crippen LogP contribution in [0.5, 0.6) is 0 Å². The van der Waals surface area contributed by atoms with E-state index in [9.17, 15) is 4.79 Å². The highest BCUT2D eigenvalue weighted by atomic mass is 16.6. The van der Waals surface area contributed by atoms with Crippen LogP contribution in [0.3, 0.4) is 0 Å². The van der Waals surface area contributed by atoms with Crippen LogP contribution in [-0.2, 0) is 4.74 Å². The van der Waals surface area contributed by atoms with Crippen LogP contribution < -0.4 is 5.43 Å². The molecular formula is C9H16N2O2. The van der Waals surface area contributed by atoms with E-state index in [-0.39, 0.29) is 6.09 Å². The Morgan fingerprint density at radius 2 is 2.23 bits per heavy atom. The molecule has 74 valence electrons. The van der Waals surface area contributed by atoms with E-state index >= 15 is 0 Å². The summed E-state index contributed by atoms with van der Waals surface area (Å²) in [7, 11) is 0. The van der Waals surface area contributed by atoms with Gasteiger partial charge in [-0.3, -0.25) is 0 Å². The van der Waals surface area contributed by atoms with Gasteiger partial charge in [-0.2, -0.15) is 0 Å². The number of carbonyl (C=O) groups excluding carboxylic acids is 1. The van der Waals surface area contributed by atoms with Gasteiger partial charge in [0.15, 0.2) is 0 Å². The fourth-order valence-corrected chi connectivity index (χ4v) is 1.61. The minimum atomic E-state index is -0.397. The number of rotatable bonds is 0. The van der Waals surface area contributed by atoms with Gasteiger partial charge < -0.3 is 4.74 Å². The molecule has 1 amide bonds. The molecule has 2 aliphatic rings. The highest BCUT2D eigenvalue weighted by Crippen LogP contribution is 2.39. The number of hydrogen-bond acceptors (Lipinski definition) is 3. The number of hydrogen-bond donors (Lipinski definition) is 1. The topological polar surface area (TPSA) is 41.6 Å². The molecule has 2 rings (SSSR count). The summed E-state index contributed by atoms with van der Waals surface area (Å²) in [5.41, 5.74) is 2.64. The average Bonchev–Trinajstić information content (AvgIpc) is 2.59. The quantitative estimate of drug-likeness (QED) is 0.613. The molecule has 1 saturated carbocycles. The first-order chi connectivity index (χ1) is 5.97. The fourth-order valence-electron chi connectivity index (χ4n) is 1.61. The number of nitrogens with zero attached hydrogens (tertiary/aromatic N) is 1. The summed E-state index contributed by atoms with van der Waals surface area (Å²) in [5.74, 6) is 0.674. The number of amides is 1. The first-order valence-corrected chi connectivity index (χ1v) is 4.73. The number of fused-ring (bicyclic) bond motifs is 1. The summed E-state index contributed by atoms with van der Waals surface area (Å²) in [5, 5.41) is 1.63. The molecule has 1 saturated heterocycles. The highest BCUT2D eigenvalue weighted by Gasteiger charge is 2.50. The van der Waals surface area contributed by atoms with E-state index < -0.39 is 5.60 Å². The molecule has 0 aromatic heterocycles. The van der Waals surface area contributed by atoms with Gasteiger partial charge in [-0.15, -0.1) is 0 Å². The van der Waals surface area contributed by atoms with Gasteiger partial charge in [0.2, 0.25) is 0 Å². The molecule has 2 fully saturated rings. The largest absolute Gasteiger partial charge is 0.443 e. The van der Waals surface area contributed by atoms with Crippen LogP contribution in [0.1, 0.15) is 27.2 Å². The maximum atomic E-state index is 11.5. The second-order valence-electron chi connectivity index (χ2n) is 4.78. The van der Waals surface area contributed by atoms with Crippen molar-refractivity contribution < 1.29 is 9.53 Å². The number of ether oxygens (including phenoxy) is 1. The minimum absolute atomic E-state index is 0.238. The summed E-state index contributed by atoms with van der Waals surface area (Å²) in [4.78, 5) is 11.5. The Bertz CT molecular complexity index is 234. The van der Waals surface area contributed by atoms with Crippen LogP contribution in [0.25, 0.3) is 0 Å². The lowest BCUT2D eigenvalue weighted by Gasteiger charge is -2.25. The van der Waals surface area contributed by atoms with E-state index in [1.165, 1.54) is 0 Å². The van der Waals surface area contributed by atoms with Gasteiger partial charge in [-0.05, 0) is 33.1 Å².